The first kappa shape index (κ1) is 6.04. The molecule has 0 aromatic heterocycles. The maximum absolute atomic E-state index is 2.56. The van der Waals surface area contributed by atoms with E-state index in [1.165, 1.54) is 0 Å². The quantitative estimate of drug-likeness (QED) is 0.483. The Kier molecular flexibility index (Phi) is 2.00. The fourth-order valence-corrected chi connectivity index (χ4v) is 0. The summed E-state index contributed by atoms with van der Waals surface area (Å²) in [6.07, 6.45) is 0. The van der Waals surface area contributed by atoms with E-state index in [0.717, 1.165) is 0 Å². The van der Waals surface area contributed by atoms with Crippen molar-refractivity contribution < 1.29 is 0 Å². The molecule has 5 heavy (non-hydrogen) atoms. The van der Waals surface area contributed by atoms with Gasteiger partial charge in [0.15, 0.2) is 0 Å². The average Bonchev–Trinajstić information content (AvgIpc) is 0.722. The van der Waals surface area contributed by atoms with Crippen LogP contribution in [0.3, 0.4) is 0 Å². The third kappa shape index (κ3) is 43.1. The average molecular weight is 202 g/mol. The summed E-state index contributed by atoms with van der Waals surface area (Å²) in [5.41, 5.74) is 0. The Bertz CT molecular complexity index is 20.4. The van der Waals surface area contributed by atoms with Gasteiger partial charge in [-0.25, -0.2) is 0 Å². The van der Waals surface area contributed by atoms with Gasteiger partial charge in [0.2, 0.25) is 0 Å². The summed E-state index contributed by atoms with van der Waals surface area (Å²) in [5, 5.41) is 0. The van der Waals surface area contributed by atoms with E-state index < -0.39 is 0 Å². The van der Waals surface area contributed by atoms with Crippen molar-refractivity contribution >= 4 is 32.0 Å². The van der Waals surface area contributed by atoms with Crippen molar-refractivity contribution in [2.75, 3.05) is 0 Å². The number of hydrogen-bond acceptors (Lipinski definition) is 0. The molecule has 0 bridgehead atoms. The molecule has 0 heterocycles. The van der Waals surface area contributed by atoms with E-state index in [-0.39, 0.29) is 0 Å². The van der Waals surface area contributed by atoms with E-state index >= 15 is 0 Å². The van der Waals surface area contributed by atoms with Gasteiger partial charge in [-0.2, -0.15) is 0 Å². The van der Waals surface area contributed by atoms with Crippen LogP contribution in [0.2, 0.25) is 3.21 Å². The standard InChI is InChI=1S/C3H8Se2/c1-3(2,4)5/h4-5H,1-2H3. The Labute approximate surface area is 49.3 Å². The SMILES string of the molecule is CC(C)([SeH])[SeH]. The van der Waals surface area contributed by atoms with E-state index in [0.29, 0.717) is 3.21 Å². The molecule has 0 radical (unpaired) electrons. The fraction of sp³-hybridized carbons (Fsp3) is 1.00. The van der Waals surface area contributed by atoms with Crippen LogP contribution in [0.4, 0.5) is 0 Å². The maximum atomic E-state index is 2.56. The zero-order valence-electron chi connectivity index (χ0n) is 3.39. The van der Waals surface area contributed by atoms with Gasteiger partial charge in [0.1, 0.15) is 0 Å². The van der Waals surface area contributed by atoms with Crippen molar-refractivity contribution in [3.8, 4) is 0 Å². The fourth-order valence-electron chi connectivity index (χ4n) is 0. The van der Waals surface area contributed by atoms with Gasteiger partial charge in [-0.05, 0) is 0 Å². The van der Waals surface area contributed by atoms with Crippen molar-refractivity contribution in [3.63, 3.8) is 0 Å². The molecule has 0 aromatic carbocycles. The Balaban J connectivity index is 3.02. The molecule has 0 aliphatic rings. The summed E-state index contributed by atoms with van der Waals surface area (Å²) in [7, 11) is 0. The second-order valence-corrected chi connectivity index (χ2v) is 7.85. The molecule has 2 heteroatoms. The van der Waals surface area contributed by atoms with Crippen LogP contribution in [-0.4, -0.2) is 32.0 Å². The minimum atomic E-state index is 0.375. The molecule has 0 nitrogen and oxygen atoms in total. The third-order valence-electron chi connectivity index (χ3n) is 0. The molecule has 0 rings (SSSR count). The predicted molar refractivity (Wildman–Crippen MR) is 28.3 cm³/mol. The summed E-state index contributed by atoms with van der Waals surface area (Å²) in [5.74, 6) is 0. The Morgan fingerprint density at radius 3 is 1.20 bits per heavy atom. The number of rotatable bonds is 0. The first-order valence-electron chi connectivity index (χ1n) is 1.45. The summed E-state index contributed by atoms with van der Waals surface area (Å²) >= 11 is 5.11. The Hall–Kier alpha value is 1.04. The van der Waals surface area contributed by atoms with Gasteiger partial charge >= 0.3 is 49.1 Å². The first-order chi connectivity index (χ1) is 2.00. The molecular formula is C3H8Se2. The molecule has 0 amide bonds. The van der Waals surface area contributed by atoms with E-state index in [2.05, 4.69) is 45.9 Å². The van der Waals surface area contributed by atoms with Gasteiger partial charge in [0.05, 0.1) is 0 Å². The molecule has 0 aliphatic carbocycles. The van der Waals surface area contributed by atoms with Gasteiger partial charge < -0.3 is 0 Å². The van der Waals surface area contributed by atoms with Crippen LogP contribution in [0.5, 0.6) is 0 Å². The number of hydrogen-bond donors (Lipinski definition) is 0. The van der Waals surface area contributed by atoms with Crippen LogP contribution in [0.1, 0.15) is 13.8 Å². The van der Waals surface area contributed by atoms with E-state index in [1.807, 2.05) is 0 Å². The molecule has 0 unspecified atom stereocenters. The molecule has 0 spiro atoms. The van der Waals surface area contributed by atoms with Gasteiger partial charge in [0.25, 0.3) is 0 Å². The topological polar surface area (TPSA) is 0 Å². The van der Waals surface area contributed by atoms with Crippen LogP contribution < -0.4 is 0 Å². The first-order valence-corrected chi connectivity index (χ1v) is 3.32. The molecular weight excluding hydrogens is 194 g/mol. The molecule has 0 atom stereocenters. The van der Waals surface area contributed by atoms with Crippen LogP contribution in [0.15, 0.2) is 0 Å². The summed E-state index contributed by atoms with van der Waals surface area (Å²) in [4.78, 5) is 0. The molecule has 32 valence electrons. The monoisotopic (exact) mass is 204 g/mol. The molecule has 0 N–H and O–H groups in total. The van der Waals surface area contributed by atoms with Gasteiger partial charge in [-0.15, -0.1) is 0 Å². The zero-order valence-corrected chi connectivity index (χ0v) is 7.15. The predicted octanol–water partition coefficient (Wildman–Crippen LogP) is -0.0560. The van der Waals surface area contributed by atoms with E-state index in [9.17, 15) is 0 Å². The van der Waals surface area contributed by atoms with Crippen LogP contribution in [0.25, 0.3) is 0 Å². The van der Waals surface area contributed by atoms with Crippen molar-refractivity contribution in [1.82, 2.24) is 0 Å². The van der Waals surface area contributed by atoms with Crippen LogP contribution in [0, 0.1) is 0 Å². The van der Waals surface area contributed by atoms with Crippen molar-refractivity contribution in [2.45, 2.75) is 17.1 Å². The van der Waals surface area contributed by atoms with Crippen LogP contribution >= 0.6 is 0 Å². The molecule has 0 aliphatic heterocycles. The summed E-state index contributed by atoms with van der Waals surface area (Å²) in [6, 6.07) is 0. The summed E-state index contributed by atoms with van der Waals surface area (Å²) in [6.45, 7) is 4.26. The third-order valence-corrected chi connectivity index (χ3v) is 0. The van der Waals surface area contributed by atoms with Crippen molar-refractivity contribution in [3.05, 3.63) is 0 Å². The second kappa shape index (κ2) is 1.66. The van der Waals surface area contributed by atoms with Gasteiger partial charge in [-0.3, -0.25) is 0 Å². The zero-order chi connectivity index (χ0) is 4.50. The molecule has 0 fully saturated rings. The Morgan fingerprint density at radius 1 is 1.20 bits per heavy atom. The Morgan fingerprint density at radius 2 is 1.20 bits per heavy atom. The summed E-state index contributed by atoms with van der Waals surface area (Å²) < 4.78 is 0.375. The normalized spacial score (nSPS) is 12.0. The van der Waals surface area contributed by atoms with Gasteiger partial charge in [0, 0.05) is 0 Å². The van der Waals surface area contributed by atoms with Gasteiger partial charge in [-0.1, -0.05) is 0 Å². The van der Waals surface area contributed by atoms with Crippen LogP contribution in [-0.2, 0) is 0 Å². The molecule has 0 saturated heterocycles. The van der Waals surface area contributed by atoms with E-state index in [1.54, 1.807) is 0 Å². The molecule has 0 saturated carbocycles. The van der Waals surface area contributed by atoms with E-state index in [4.69, 9.17) is 0 Å². The van der Waals surface area contributed by atoms with Crippen molar-refractivity contribution in [1.29, 1.82) is 0 Å². The molecule has 0 aromatic rings. The van der Waals surface area contributed by atoms with Crippen molar-refractivity contribution in [2.24, 2.45) is 0 Å². The second-order valence-electron chi connectivity index (χ2n) is 1.49. The minimum absolute atomic E-state index is 0.375.